The van der Waals surface area contributed by atoms with Gasteiger partial charge in [0.15, 0.2) is 0 Å². The summed E-state index contributed by atoms with van der Waals surface area (Å²) in [4.78, 5) is 10.8. The van der Waals surface area contributed by atoms with Gasteiger partial charge in [0.1, 0.15) is 33.8 Å². The Labute approximate surface area is 247 Å². The number of nitrogens with one attached hydrogen (secondary N) is 1. The second-order valence-electron chi connectivity index (χ2n) is 10.5. The molecular formula is C28H33F2N7O5S. The monoisotopic (exact) mass is 617 g/mol. The molecule has 4 N–H and O–H groups in total. The average molecular weight is 618 g/mol. The van der Waals surface area contributed by atoms with E-state index in [1.54, 1.807) is 24.7 Å². The molecular weight excluding hydrogens is 584 g/mol. The second-order valence-corrected chi connectivity index (χ2v) is 12.8. The largest absolute Gasteiger partial charge is 0.491 e. The van der Waals surface area contributed by atoms with Crippen molar-refractivity contribution in [1.82, 2.24) is 19.6 Å². The number of imidazole rings is 1. The zero-order chi connectivity index (χ0) is 30.7. The van der Waals surface area contributed by atoms with E-state index in [1.807, 2.05) is 13.0 Å². The summed E-state index contributed by atoms with van der Waals surface area (Å²) in [6, 6.07) is 6.70. The number of sulfone groups is 1. The first kappa shape index (κ1) is 30.5. The SMILES string of the molecule is C[C@H]1CN(c2ccncc2Nc2ncc3ccc(-c4c(F)cc(OCCO)cc4F)nn23)C[C@@H](N)[C@H]1OCCS(C)(=O)=O. The van der Waals surface area contributed by atoms with Crippen molar-refractivity contribution < 1.29 is 31.8 Å². The van der Waals surface area contributed by atoms with Crippen LogP contribution in [0.3, 0.4) is 0 Å². The van der Waals surface area contributed by atoms with Crippen molar-refractivity contribution >= 4 is 32.7 Å². The number of nitrogens with two attached hydrogens (primary N) is 1. The van der Waals surface area contributed by atoms with E-state index in [0.29, 0.717) is 30.2 Å². The highest BCUT2D eigenvalue weighted by Crippen LogP contribution is 2.33. The molecule has 0 spiro atoms. The minimum Gasteiger partial charge on any atom is -0.491 e. The average Bonchev–Trinajstić information content (AvgIpc) is 3.34. The van der Waals surface area contributed by atoms with Crippen LogP contribution in [-0.2, 0) is 14.6 Å². The number of nitrogens with zero attached hydrogens (tertiary/aromatic N) is 5. The van der Waals surface area contributed by atoms with Crippen LogP contribution < -0.4 is 20.7 Å². The first-order chi connectivity index (χ1) is 20.5. The number of aliphatic hydroxyl groups excluding tert-OH is 1. The fourth-order valence-electron chi connectivity index (χ4n) is 5.15. The maximum atomic E-state index is 14.9. The van der Waals surface area contributed by atoms with E-state index >= 15 is 0 Å². The lowest BCUT2D eigenvalue weighted by Gasteiger charge is -2.42. The van der Waals surface area contributed by atoms with Crippen LogP contribution in [0.25, 0.3) is 16.8 Å². The summed E-state index contributed by atoms with van der Waals surface area (Å²) in [5.74, 6) is -1.53. The van der Waals surface area contributed by atoms with Crippen LogP contribution in [0.2, 0.25) is 0 Å². The topological polar surface area (TPSA) is 157 Å². The van der Waals surface area contributed by atoms with Crippen molar-refractivity contribution in [3.63, 3.8) is 0 Å². The number of fused-ring (bicyclic) bond motifs is 1. The molecule has 43 heavy (non-hydrogen) atoms. The Morgan fingerprint density at radius 1 is 1.14 bits per heavy atom. The molecule has 3 aromatic heterocycles. The van der Waals surface area contributed by atoms with Gasteiger partial charge in [0.05, 0.1) is 65.6 Å². The van der Waals surface area contributed by atoms with Crippen molar-refractivity contribution in [3.8, 4) is 17.0 Å². The van der Waals surface area contributed by atoms with Gasteiger partial charge < -0.3 is 30.5 Å². The molecule has 0 unspecified atom stereocenters. The zero-order valence-corrected chi connectivity index (χ0v) is 24.5. The van der Waals surface area contributed by atoms with Gasteiger partial charge in [-0.05, 0) is 18.2 Å². The molecule has 1 fully saturated rings. The Hall–Kier alpha value is -3.92. The molecule has 4 heterocycles. The maximum Gasteiger partial charge on any atom is 0.229 e. The third kappa shape index (κ3) is 7.01. The summed E-state index contributed by atoms with van der Waals surface area (Å²) in [6.07, 6.45) is 5.74. The minimum atomic E-state index is -3.14. The number of pyridine rings is 1. The summed E-state index contributed by atoms with van der Waals surface area (Å²) in [5.41, 5.74) is 8.19. The highest BCUT2D eigenvalue weighted by molar-refractivity contribution is 7.90. The van der Waals surface area contributed by atoms with E-state index in [4.69, 9.17) is 20.3 Å². The summed E-state index contributed by atoms with van der Waals surface area (Å²) in [6.45, 7) is 2.75. The molecule has 1 aliphatic heterocycles. The van der Waals surface area contributed by atoms with E-state index in [1.165, 1.54) is 16.8 Å². The third-order valence-electron chi connectivity index (χ3n) is 7.09. The molecule has 1 aromatic carbocycles. The molecule has 1 saturated heterocycles. The second kappa shape index (κ2) is 12.8. The fraction of sp³-hybridized carbons (Fsp3) is 0.393. The van der Waals surface area contributed by atoms with Crippen LogP contribution in [0.15, 0.2) is 48.9 Å². The van der Waals surface area contributed by atoms with Crippen LogP contribution in [0.4, 0.5) is 26.1 Å². The van der Waals surface area contributed by atoms with Crippen molar-refractivity contribution in [2.75, 3.05) is 55.1 Å². The Balaban J connectivity index is 1.37. The number of benzene rings is 1. The van der Waals surface area contributed by atoms with Gasteiger partial charge in [-0.2, -0.15) is 9.61 Å². The molecule has 4 aromatic rings. The molecule has 230 valence electrons. The Morgan fingerprint density at radius 3 is 2.60 bits per heavy atom. The number of ether oxygens (including phenoxy) is 2. The lowest BCUT2D eigenvalue weighted by atomic mass is 9.92. The van der Waals surface area contributed by atoms with Gasteiger partial charge >= 0.3 is 0 Å². The van der Waals surface area contributed by atoms with Crippen LogP contribution in [0.1, 0.15) is 6.92 Å². The number of aliphatic hydroxyl groups is 1. The molecule has 5 rings (SSSR count). The van der Waals surface area contributed by atoms with Crippen LogP contribution in [0, 0.1) is 17.6 Å². The summed E-state index contributed by atoms with van der Waals surface area (Å²) in [7, 11) is -3.14. The Kier molecular flexibility index (Phi) is 9.05. The maximum absolute atomic E-state index is 14.9. The summed E-state index contributed by atoms with van der Waals surface area (Å²) >= 11 is 0. The molecule has 0 aliphatic carbocycles. The minimum absolute atomic E-state index is 0.00558. The van der Waals surface area contributed by atoms with E-state index in [0.717, 1.165) is 17.8 Å². The number of hydrogen-bond donors (Lipinski definition) is 3. The predicted octanol–water partition coefficient (Wildman–Crippen LogP) is 2.40. The Bertz CT molecular complexity index is 1670. The lowest BCUT2D eigenvalue weighted by Crippen LogP contribution is -2.57. The van der Waals surface area contributed by atoms with Gasteiger partial charge in [0.2, 0.25) is 5.95 Å². The van der Waals surface area contributed by atoms with Crippen molar-refractivity contribution in [3.05, 3.63) is 60.6 Å². The molecule has 0 amide bonds. The van der Waals surface area contributed by atoms with Gasteiger partial charge in [-0.1, -0.05) is 6.92 Å². The normalized spacial score (nSPS) is 19.1. The number of piperidine rings is 1. The van der Waals surface area contributed by atoms with Gasteiger partial charge in [0.25, 0.3) is 0 Å². The van der Waals surface area contributed by atoms with Crippen LogP contribution in [-0.4, -0.2) is 90.2 Å². The van der Waals surface area contributed by atoms with Crippen molar-refractivity contribution in [2.24, 2.45) is 11.7 Å². The van der Waals surface area contributed by atoms with Gasteiger partial charge in [0, 0.05) is 49.6 Å². The quantitative estimate of drug-likeness (QED) is 0.227. The highest BCUT2D eigenvalue weighted by Gasteiger charge is 2.34. The molecule has 0 bridgehead atoms. The summed E-state index contributed by atoms with van der Waals surface area (Å²) < 4.78 is 65.3. The number of rotatable bonds is 11. The highest BCUT2D eigenvalue weighted by atomic mass is 32.2. The van der Waals surface area contributed by atoms with E-state index < -0.39 is 21.5 Å². The Morgan fingerprint density at radius 2 is 1.91 bits per heavy atom. The first-order valence-corrected chi connectivity index (χ1v) is 15.7. The van der Waals surface area contributed by atoms with E-state index in [-0.39, 0.29) is 60.6 Å². The molecule has 0 radical (unpaired) electrons. The molecule has 12 nitrogen and oxygen atoms in total. The standard InChI is InChI=1S/C28H33F2N7O5S/c1-17-15-36(16-22(31)27(17)42-9-10-43(2,39)40)25-5-6-32-14-24(25)34-28-33-13-18-3-4-23(35-37(18)28)26-20(29)11-19(12-21(26)30)41-8-7-38/h3-6,11-14,17,22,27,38H,7-10,15-16,31H2,1-2H3,(H,33,34)/t17-,22+,27-/m0/s1. The zero-order valence-electron chi connectivity index (χ0n) is 23.7. The predicted molar refractivity (Wildman–Crippen MR) is 157 cm³/mol. The van der Waals surface area contributed by atoms with E-state index in [2.05, 4.69) is 25.3 Å². The van der Waals surface area contributed by atoms with Gasteiger partial charge in [-0.15, -0.1) is 0 Å². The number of aromatic nitrogens is 4. The van der Waals surface area contributed by atoms with E-state index in [9.17, 15) is 17.2 Å². The van der Waals surface area contributed by atoms with Gasteiger partial charge in [-0.25, -0.2) is 22.2 Å². The van der Waals surface area contributed by atoms with Crippen LogP contribution in [0.5, 0.6) is 5.75 Å². The smallest absolute Gasteiger partial charge is 0.229 e. The molecule has 0 saturated carbocycles. The fourth-order valence-corrected chi connectivity index (χ4v) is 5.55. The third-order valence-corrected chi connectivity index (χ3v) is 8.00. The number of halogens is 2. The number of hydrogen-bond acceptors (Lipinski definition) is 11. The number of anilines is 3. The molecule has 1 aliphatic rings. The van der Waals surface area contributed by atoms with Crippen molar-refractivity contribution in [1.29, 1.82) is 0 Å². The van der Waals surface area contributed by atoms with Crippen molar-refractivity contribution in [2.45, 2.75) is 19.1 Å². The first-order valence-electron chi connectivity index (χ1n) is 13.6. The van der Waals surface area contributed by atoms with Crippen LogP contribution >= 0.6 is 0 Å². The summed E-state index contributed by atoms with van der Waals surface area (Å²) in [5, 5.41) is 16.6. The van der Waals surface area contributed by atoms with Gasteiger partial charge in [-0.3, -0.25) is 4.98 Å². The molecule has 15 heteroatoms. The molecule has 3 atom stereocenters. The lowest BCUT2D eigenvalue weighted by molar-refractivity contribution is 0.00183.